The van der Waals surface area contributed by atoms with Crippen molar-refractivity contribution in [3.05, 3.63) is 29.8 Å². The first-order valence-electron chi connectivity index (χ1n) is 9.18. The summed E-state index contributed by atoms with van der Waals surface area (Å²) in [5.74, 6) is 0.863. The molecule has 2 N–H and O–H groups in total. The minimum atomic E-state index is 0.0949. The number of rotatable bonds is 5. The highest BCUT2D eigenvalue weighted by Crippen LogP contribution is 2.17. The molecule has 2 fully saturated rings. The van der Waals surface area contributed by atoms with E-state index in [2.05, 4.69) is 17.0 Å². The third-order valence-electron chi connectivity index (χ3n) is 5.02. The van der Waals surface area contributed by atoms with Gasteiger partial charge < -0.3 is 15.4 Å². The van der Waals surface area contributed by atoms with E-state index in [0.717, 1.165) is 64.2 Å². The summed E-state index contributed by atoms with van der Waals surface area (Å²) in [6.45, 7) is 5.05. The highest BCUT2D eigenvalue weighted by molar-refractivity contribution is 5.78. The van der Waals surface area contributed by atoms with Crippen LogP contribution >= 0.6 is 0 Å². The van der Waals surface area contributed by atoms with E-state index in [0.29, 0.717) is 6.04 Å². The molecule has 2 aliphatic heterocycles. The summed E-state index contributed by atoms with van der Waals surface area (Å²) in [5, 5.41) is 0. The molecule has 5 heteroatoms. The molecule has 2 saturated heterocycles. The van der Waals surface area contributed by atoms with Crippen LogP contribution in [0.5, 0.6) is 5.75 Å². The molecule has 0 bridgehead atoms. The van der Waals surface area contributed by atoms with Crippen molar-refractivity contribution in [2.75, 3.05) is 32.8 Å². The lowest BCUT2D eigenvalue weighted by Crippen LogP contribution is -2.32. The number of carbonyl (C=O) groups is 1. The highest BCUT2D eigenvalue weighted by Gasteiger charge is 2.18. The lowest BCUT2D eigenvalue weighted by Gasteiger charge is -2.20. The van der Waals surface area contributed by atoms with Crippen LogP contribution in [0.4, 0.5) is 0 Å². The van der Waals surface area contributed by atoms with E-state index in [4.69, 9.17) is 10.5 Å². The number of ether oxygens (including phenoxy) is 1. The van der Waals surface area contributed by atoms with E-state index in [9.17, 15) is 4.79 Å². The molecule has 5 nitrogen and oxygen atoms in total. The molecule has 132 valence electrons. The molecule has 1 aromatic carbocycles. The Morgan fingerprint density at radius 2 is 1.79 bits per heavy atom. The summed E-state index contributed by atoms with van der Waals surface area (Å²) in [4.78, 5) is 16.4. The summed E-state index contributed by atoms with van der Waals surface area (Å²) >= 11 is 0. The van der Waals surface area contributed by atoms with Crippen LogP contribution in [0.2, 0.25) is 0 Å². The molecule has 0 unspecified atom stereocenters. The maximum atomic E-state index is 12.0. The molecule has 0 saturated carbocycles. The standard InChI is InChI=1S/C19H29N3O2/c20-17-4-3-10-21(13-9-17)14-16-5-7-18(8-6-16)24-15-19(23)22-11-1-2-12-22/h5-8,17H,1-4,9-15,20H2/t17-/m1/s1. The van der Waals surface area contributed by atoms with Crippen LogP contribution in [0.25, 0.3) is 0 Å². The van der Waals surface area contributed by atoms with E-state index in [-0.39, 0.29) is 12.5 Å². The number of amides is 1. The van der Waals surface area contributed by atoms with Crippen LogP contribution in [0.15, 0.2) is 24.3 Å². The summed E-state index contributed by atoms with van der Waals surface area (Å²) in [6, 6.07) is 8.49. The van der Waals surface area contributed by atoms with Crippen molar-refractivity contribution >= 4 is 5.91 Å². The third kappa shape index (κ3) is 4.95. The smallest absolute Gasteiger partial charge is 0.260 e. The molecular formula is C19H29N3O2. The number of hydrogen-bond acceptors (Lipinski definition) is 4. The maximum Gasteiger partial charge on any atom is 0.260 e. The minimum absolute atomic E-state index is 0.0949. The van der Waals surface area contributed by atoms with E-state index < -0.39 is 0 Å². The maximum absolute atomic E-state index is 12.0. The first-order chi connectivity index (χ1) is 11.7. The Hall–Kier alpha value is -1.59. The van der Waals surface area contributed by atoms with Gasteiger partial charge in [0.1, 0.15) is 5.75 Å². The topological polar surface area (TPSA) is 58.8 Å². The fourth-order valence-corrected chi connectivity index (χ4v) is 3.49. The molecule has 3 rings (SSSR count). The van der Waals surface area contributed by atoms with Gasteiger partial charge in [0.15, 0.2) is 6.61 Å². The number of likely N-dealkylation sites (tertiary alicyclic amines) is 2. The van der Waals surface area contributed by atoms with Gasteiger partial charge in [0, 0.05) is 25.7 Å². The molecule has 2 heterocycles. The number of benzene rings is 1. The highest BCUT2D eigenvalue weighted by atomic mass is 16.5. The van der Waals surface area contributed by atoms with Crippen molar-refractivity contribution in [3.8, 4) is 5.75 Å². The Balaban J connectivity index is 1.45. The van der Waals surface area contributed by atoms with Crippen LogP contribution in [0.3, 0.4) is 0 Å². The van der Waals surface area contributed by atoms with E-state index in [1.54, 1.807) is 0 Å². The van der Waals surface area contributed by atoms with Crippen LogP contribution in [0.1, 0.15) is 37.7 Å². The van der Waals surface area contributed by atoms with Gasteiger partial charge in [-0.25, -0.2) is 0 Å². The average molecular weight is 331 g/mol. The fourth-order valence-electron chi connectivity index (χ4n) is 3.49. The van der Waals surface area contributed by atoms with Gasteiger partial charge in [-0.05, 0) is 62.9 Å². The van der Waals surface area contributed by atoms with Crippen molar-refractivity contribution in [3.63, 3.8) is 0 Å². The predicted octanol–water partition coefficient (Wildman–Crippen LogP) is 2.00. The monoisotopic (exact) mass is 331 g/mol. The normalized spacial score (nSPS) is 22.4. The van der Waals surface area contributed by atoms with Crippen LogP contribution in [-0.2, 0) is 11.3 Å². The molecule has 0 aliphatic carbocycles. The molecule has 0 spiro atoms. The number of hydrogen-bond donors (Lipinski definition) is 1. The number of carbonyl (C=O) groups excluding carboxylic acids is 1. The zero-order valence-electron chi connectivity index (χ0n) is 14.5. The van der Waals surface area contributed by atoms with E-state index >= 15 is 0 Å². The zero-order valence-corrected chi connectivity index (χ0v) is 14.5. The quantitative estimate of drug-likeness (QED) is 0.896. The van der Waals surface area contributed by atoms with Gasteiger partial charge >= 0.3 is 0 Å². The Labute approximate surface area is 144 Å². The first kappa shape index (κ1) is 17.2. The Morgan fingerprint density at radius 1 is 1.04 bits per heavy atom. The third-order valence-corrected chi connectivity index (χ3v) is 5.02. The second kappa shape index (κ2) is 8.49. The molecule has 1 aromatic rings. The molecular weight excluding hydrogens is 302 g/mol. The predicted molar refractivity (Wildman–Crippen MR) is 94.9 cm³/mol. The first-order valence-corrected chi connectivity index (χ1v) is 9.18. The molecule has 2 aliphatic rings. The fraction of sp³-hybridized carbons (Fsp3) is 0.632. The Kier molecular flexibility index (Phi) is 6.10. The molecule has 0 radical (unpaired) electrons. The SMILES string of the molecule is N[C@@H]1CCCN(Cc2ccc(OCC(=O)N3CCCC3)cc2)CC1. The minimum Gasteiger partial charge on any atom is -0.484 e. The van der Waals surface area contributed by atoms with Gasteiger partial charge in [-0.15, -0.1) is 0 Å². The van der Waals surface area contributed by atoms with Crippen LogP contribution < -0.4 is 10.5 Å². The van der Waals surface area contributed by atoms with Gasteiger partial charge in [0.05, 0.1) is 0 Å². The summed E-state index contributed by atoms with van der Waals surface area (Å²) in [5.41, 5.74) is 7.32. The summed E-state index contributed by atoms with van der Waals surface area (Å²) in [6.07, 6.45) is 5.62. The van der Waals surface area contributed by atoms with Crippen molar-refractivity contribution < 1.29 is 9.53 Å². The van der Waals surface area contributed by atoms with Crippen molar-refractivity contribution in [1.29, 1.82) is 0 Å². The Bertz CT molecular complexity index is 526. The summed E-state index contributed by atoms with van der Waals surface area (Å²) in [7, 11) is 0. The van der Waals surface area contributed by atoms with Gasteiger partial charge in [-0.1, -0.05) is 12.1 Å². The van der Waals surface area contributed by atoms with Gasteiger partial charge in [-0.2, -0.15) is 0 Å². The van der Waals surface area contributed by atoms with Crippen LogP contribution in [-0.4, -0.2) is 54.5 Å². The van der Waals surface area contributed by atoms with Crippen molar-refractivity contribution in [2.45, 2.75) is 44.7 Å². The van der Waals surface area contributed by atoms with Crippen molar-refractivity contribution in [1.82, 2.24) is 9.80 Å². The second-order valence-corrected chi connectivity index (χ2v) is 6.99. The van der Waals surface area contributed by atoms with Gasteiger partial charge in [0.2, 0.25) is 0 Å². The number of nitrogens with zero attached hydrogens (tertiary/aromatic N) is 2. The Morgan fingerprint density at radius 3 is 2.54 bits per heavy atom. The van der Waals surface area contributed by atoms with Crippen LogP contribution in [0, 0.1) is 0 Å². The average Bonchev–Trinajstić information content (AvgIpc) is 3.06. The molecule has 1 amide bonds. The van der Waals surface area contributed by atoms with E-state index in [1.165, 1.54) is 12.0 Å². The zero-order chi connectivity index (χ0) is 16.8. The lowest BCUT2D eigenvalue weighted by molar-refractivity contribution is -0.132. The largest absolute Gasteiger partial charge is 0.484 e. The molecule has 0 aromatic heterocycles. The van der Waals surface area contributed by atoms with E-state index in [1.807, 2.05) is 17.0 Å². The van der Waals surface area contributed by atoms with Gasteiger partial charge in [0.25, 0.3) is 5.91 Å². The summed E-state index contributed by atoms with van der Waals surface area (Å²) < 4.78 is 5.64. The van der Waals surface area contributed by atoms with Gasteiger partial charge in [-0.3, -0.25) is 9.69 Å². The number of nitrogens with two attached hydrogens (primary N) is 1. The lowest BCUT2D eigenvalue weighted by atomic mass is 10.1. The molecule has 24 heavy (non-hydrogen) atoms. The molecule has 1 atom stereocenters. The van der Waals surface area contributed by atoms with Crippen molar-refractivity contribution in [2.24, 2.45) is 5.73 Å². The second-order valence-electron chi connectivity index (χ2n) is 6.99.